The lowest BCUT2D eigenvalue weighted by Gasteiger charge is -2.16. The number of rotatable bonds is 5. The molecule has 5 nitrogen and oxygen atoms in total. The van der Waals surface area contributed by atoms with Gasteiger partial charge in [-0.05, 0) is 35.7 Å². The van der Waals surface area contributed by atoms with Crippen molar-refractivity contribution in [2.75, 3.05) is 0 Å². The Kier molecular flexibility index (Phi) is 5.20. The van der Waals surface area contributed by atoms with Gasteiger partial charge in [-0.25, -0.2) is 4.98 Å². The standard InChI is InChI=1S/C24H21N3O2/c1-17(18-11-13-20(14-12-18)19-7-3-2-4-8-19)26-23(28)16-27-22-10-6-5-9-21(22)25-15-24(27)29/h2-15,17H,16H2,1H3,(H,26,28)/t17-/m0/s1. The molecule has 1 N–H and O–H groups in total. The number of para-hydroxylation sites is 2. The van der Waals surface area contributed by atoms with Gasteiger partial charge in [0.15, 0.2) is 0 Å². The molecule has 144 valence electrons. The summed E-state index contributed by atoms with van der Waals surface area (Å²) in [6.07, 6.45) is 1.25. The van der Waals surface area contributed by atoms with Crippen LogP contribution in [0.25, 0.3) is 22.2 Å². The molecule has 4 rings (SSSR count). The fourth-order valence-electron chi connectivity index (χ4n) is 3.39. The third-order valence-corrected chi connectivity index (χ3v) is 4.95. The van der Waals surface area contributed by atoms with Crippen LogP contribution in [0.2, 0.25) is 0 Å². The van der Waals surface area contributed by atoms with Crippen molar-refractivity contribution in [1.82, 2.24) is 14.9 Å². The van der Waals surface area contributed by atoms with Gasteiger partial charge in [-0.15, -0.1) is 0 Å². The Morgan fingerprint density at radius 1 is 0.931 bits per heavy atom. The molecular formula is C24H21N3O2. The van der Waals surface area contributed by atoms with Gasteiger partial charge in [0.25, 0.3) is 5.56 Å². The van der Waals surface area contributed by atoms with Crippen LogP contribution >= 0.6 is 0 Å². The summed E-state index contributed by atoms with van der Waals surface area (Å²) in [5.74, 6) is -0.219. The number of nitrogens with one attached hydrogen (secondary N) is 1. The number of aromatic nitrogens is 2. The average Bonchev–Trinajstić information content (AvgIpc) is 2.76. The molecule has 0 spiro atoms. The van der Waals surface area contributed by atoms with Gasteiger partial charge >= 0.3 is 0 Å². The minimum Gasteiger partial charge on any atom is -0.348 e. The minimum atomic E-state index is -0.293. The second-order valence-electron chi connectivity index (χ2n) is 6.95. The predicted molar refractivity (Wildman–Crippen MR) is 114 cm³/mol. The quantitative estimate of drug-likeness (QED) is 0.568. The van der Waals surface area contributed by atoms with Crippen LogP contribution in [-0.4, -0.2) is 15.5 Å². The Morgan fingerprint density at radius 2 is 1.59 bits per heavy atom. The minimum absolute atomic E-state index is 0.0473. The summed E-state index contributed by atoms with van der Waals surface area (Å²) in [6.45, 7) is 1.89. The maximum absolute atomic E-state index is 12.6. The summed E-state index contributed by atoms with van der Waals surface area (Å²) in [4.78, 5) is 28.9. The number of carbonyl (C=O) groups is 1. The molecule has 3 aromatic carbocycles. The summed E-state index contributed by atoms with van der Waals surface area (Å²) >= 11 is 0. The van der Waals surface area contributed by atoms with Crippen LogP contribution in [0, 0.1) is 0 Å². The highest BCUT2D eigenvalue weighted by atomic mass is 16.2. The monoisotopic (exact) mass is 383 g/mol. The Morgan fingerprint density at radius 3 is 2.34 bits per heavy atom. The predicted octanol–water partition coefficient (Wildman–Crippen LogP) is 3.94. The molecule has 0 bridgehead atoms. The molecule has 5 heteroatoms. The van der Waals surface area contributed by atoms with Crippen LogP contribution in [0.3, 0.4) is 0 Å². The molecule has 0 saturated heterocycles. The molecule has 1 heterocycles. The van der Waals surface area contributed by atoms with E-state index in [-0.39, 0.29) is 24.1 Å². The molecule has 0 unspecified atom stereocenters. The molecule has 1 aromatic heterocycles. The highest BCUT2D eigenvalue weighted by Crippen LogP contribution is 2.21. The van der Waals surface area contributed by atoms with Crippen LogP contribution in [0.1, 0.15) is 18.5 Å². The number of amides is 1. The number of hydrogen-bond donors (Lipinski definition) is 1. The molecule has 4 aromatic rings. The number of fused-ring (bicyclic) bond motifs is 1. The zero-order valence-electron chi connectivity index (χ0n) is 16.1. The Balaban J connectivity index is 1.48. The molecular weight excluding hydrogens is 362 g/mol. The normalized spacial score (nSPS) is 11.9. The Hall–Kier alpha value is -3.73. The first-order valence-corrected chi connectivity index (χ1v) is 9.51. The molecule has 29 heavy (non-hydrogen) atoms. The SMILES string of the molecule is C[C@H](NC(=O)Cn1c(=O)cnc2ccccc21)c1ccc(-c2ccccc2)cc1. The number of carbonyl (C=O) groups excluding carboxylic acids is 1. The average molecular weight is 383 g/mol. The van der Waals surface area contributed by atoms with Crippen molar-refractivity contribution in [2.24, 2.45) is 0 Å². The number of benzene rings is 3. The maximum Gasteiger partial charge on any atom is 0.269 e. The fourth-order valence-corrected chi connectivity index (χ4v) is 3.39. The lowest BCUT2D eigenvalue weighted by atomic mass is 10.0. The van der Waals surface area contributed by atoms with Gasteiger partial charge < -0.3 is 5.32 Å². The largest absolute Gasteiger partial charge is 0.348 e. The summed E-state index contributed by atoms with van der Waals surface area (Å²) < 4.78 is 1.45. The van der Waals surface area contributed by atoms with Crippen LogP contribution in [-0.2, 0) is 11.3 Å². The summed E-state index contributed by atoms with van der Waals surface area (Å²) in [5, 5.41) is 2.98. The van der Waals surface area contributed by atoms with Crippen LogP contribution in [0.15, 0.2) is 89.9 Å². The van der Waals surface area contributed by atoms with Gasteiger partial charge in [-0.3, -0.25) is 14.2 Å². The van der Waals surface area contributed by atoms with E-state index in [1.165, 1.54) is 10.8 Å². The molecule has 0 aliphatic rings. The molecule has 0 radical (unpaired) electrons. The fraction of sp³-hybridized carbons (Fsp3) is 0.125. The van der Waals surface area contributed by atoms with E-state index in [1.807, 2.05) is 67.6 Å². The van der Waals surface area contributed by atoms with Crippen molar-refractivity contribution in [2.45, 2.75) is 19.5 Å². The lowest BCUT2D eigenvalue weighted by molar-refractivity contribution is -0.122. The zero-order valence-corrected chi connectivity index (χ0v) is 16.1. The van der Waals surface area contributed by atoms with Crippen molar-refractivity contribution in [3.8, 4) is 11.1 Å². The molecule has 0 aliphatic carbocycles. The van der Waals surface area contributed by atoms with Gasteiger partial charge in [-0.2, -0.15) is 0 Å². The second kappa shape index (κ2) is 8.10. The Labute approximate surface area is 168 Å². The smallest absolute Gasteiger partial charge is 0.269 e. The van der Waals surface area contributed by atoms with Gasteiger partial charge in [0.2, 0.25) is 5.91 Å². The molecule has 0 aliphatic heterocycles. The van der Waals surface area contributed by atoms with Crippen molar-refractivity contribution in [1.29, 1.82) is 0 Å². The van der Waals surface area contributed by atoms with E-state index >= 15 is 0 Å². The van der Waals surface area contributed by atoms with Crippen molar-refractivity contribution in [3.63, 3.8) is 0 Å². The molecule has 0 fully saturated rings. The molecule has 1 amide bonds. The Bertz CT molecular complexity index is 1200. The third-order valence-electron chi connectivity index (χ3n) is 4.95. The summed E-state index contributed by atoms with van der Waals surface area (Å²) in [7, 11) is 0. The molecule has 1 atom stereocenters. The highest BCUT2D eigenvalue weighted by Gasteiger charge is 2.13. The van der Waals surface area contributed by atoms with Gasteiger partial charge in [0.05, 0.1) is 23.3 Å². The first-order valence-electron chi connectivity index (χ1n) is 9.51. The van der Waals surface area contributed by atoms with Crippen molar-refractivity contribution >= 4 is 16.9 Å². The molecule has 0 saturated carbocycles. The third kappa shape index (κ3) is 4.09. The first kappa shape index (κ1) is 18.6. The van der Waals surface area contributed by atoms with E-state index in [9.17, 15) is 9.59 Å². The van der Waals surface area contributed by atoms with Gasteiger partial charge in [0.1, 0.15) is 6.54 Å². The second-order valence-corrected chi connectivity index (χ2v) is 6.95. The van der Waals surface area contributed by atoms with E-state index in [0.717, 1.165) is 16.7 Å². The van der Waals surface area contributed by atoms with Crippen LogP contribution in [0.5, 0.6) is 0 Å². The zero-order chi connectivity index (χ0) is 20.2. The van der Waals surface area contributed by atoms with Crippen molar-refractivity contribution in [3.05, 3.63) is 101 Å². The summed E-state index contributed by atoms with van der Waals surface area (Å²) in [6, 6.07) is 25.4. The maximum atomic E-state index is 12.6. The highest BCUT2D eigenvalue weighted by molar-refractivity contribution is 5.80. The first-order chi connectivity index (χ1) is 14.1. The summed E-state index contributed by atoms with van der Waals surface area (Å²) in [5.41, 5.74) is 4.32. The topological polar surface area (TPSA) is 64.0 Å². The van der Waals surface area contributed by atoms with E-state index in [1.54, 1.807) is 6.07 Å². The van der Waals surface area contributed by atoms with E-state index in [4.69, 9.17) is 0 Å². The lowest BCUT2D eigenvalue weighted by Crippen LogP contribution is -2.34. The number of hydrogen-bond acceptors (Lipinski definition) is 3. The number of nitrogens with zero attached hydrogens (tertiary/aromatic N) is 2. The van der Waals surface area contributed by atoms with Gasteiger partial charge in [-0.1, -0.05) is 66.7 Å². The van der Waals surface area contributed by atoms with E-state index in [0.29, 0.717) is 11.0 Å². The van der Waals surface area contributed by atoms with E-state index < -0.39 is 0 Å². The van der Waals surface area contributed by atoms with Crippen LogP contribution < -0.4 is 10.9 Å². The van der Waals surface area contributed by atoms with Crippen LogP contribution in [0.4, 0.5) is 0 Å². The van der Waals surface area contributed by atoms with E-state index in [2.05, 4.69) is 22.4 Å². The van der Waals surface area contributed by atoms with Gasteiger partial charge in [0, 0.05) is 0 Å². The van der Waals surface area contributed by atoms with Crippen molar-refractivity contribution < 1.29 is 4.79 Å².